The van der Waals surface area contributed by atoms with Crippen molar-refractivity contribution in [2.75, 3.05) is 5.32 Å². The van der Waals surface area contributed by atoms with E-state index in [1.54, 1.807) is 24.3 Å². The number of hydrogen-bond acceptors (Lipinski definition) is 5. The number of rotatable bonds is 7. The molecule has 4 rings (SSSR count). The summed E-state index contributed by atoms with van der Waals surface area (Å²) >= 11 is 5.89. The fourth-order valence-electron chi connectivity index (χ4n) is 4.82. The van der Waals surface area contributed by atoms with Gasteiger partial charge in [0.1, 0.15) is 6.10 Å². The number of hydrogen-bond donors (Lipinski definition) is 2. The van der Waals surface area contributed by atoms with Gasteiger partial charge in [-0.15, -0.1) is 0 Å². The number of halogens is 1. The number of amides is 2. The number of ether oxygens (including phenoxy) is 1. The molecule has 9 heteroatoms. The van der Waals surface area contributed by atoms with Gasteiger partial charge in [-0.1, -0.05) is 18.5 Å². The van der Waals surface area contributed by atoms with Crippen molar-refractivity contribution in [3.05, 3.63) is 69.2 Å². The Hall–Kier alpha value is -3.13. The molecule has 2 N–H and O–H groups in total. The predicted molar refractivity (Wildman–Crippen MR) is 120 cm³/mol. The van der Waals surface area contributed by atoms with E-state index in [-0.39, 0.29) is 23.7 Å². The van der Waals surface area contributed by atoms with Crippen LogP contribution in [0.1, 0.15) is 36.5 Å². The first-order valence-corrected chi connectivity index (χ1v) is 11.0. The van der Waals surface area contributed by atoms with Gasteiger partial charge in [0.15, 0.2) is 0 Å². The lowest BCUT2D eigenvalue weighted by Gasteiger charge is -2.22. The van der Waals surface area contributed by atoms with Crippen LogP contribution >= 0.6 is 11.6 Å². The largest absolute Gasteiger partial charge is 0.446 e. The lowest BCUT2D eigenvalue weighted by atomic mass is 10.00. The average Bonchev–Trinajstić information content (AvgIpc) is 3.26. The van der Waals surface area contributed by atoms with E-state index >= 15 is 0 Å². The number of anilines is 1. The van der Waals surface area contributed by atoms with Crippen LogP contribution in [-0.2, 0) is 4.74 Å². The zero-order valence-corrected chi connectivity index (χ0v) is 18.2. The summed E-state index contributed by atoms with van der Waals surface area (Å²) in [4.78, 5) is 34.9. The van der Waals surface area contributed by atoms with Gasteiger partial charge < -0.3 is 10.1 Å². The Morgan fingerprint density at radius 1 is 1.12 bits per heavy atom. The van der Waals surface area contributed by atoms with Crippen LogP contribution in [0.25, 0.3) is 0 Å². The van der Waals surface area contributed by atoms with Gasteiger partial charge in [0, 0.05) is 34.4 Å². The number of nitrogens with zero attached hydrogens (tertiary/aromatic N) is 1. The van der Waals surface area contributed by atoms with Crippen LogP contribution in [0.2, 0.25) is 5.02 Å². The number of nitrogens with one attached hydrogen (secondary N) is 2. The van der Waals surface area contributed by atoms with Crippen molar-refractivity contribution in [3.63, 3.8) is 0 Å². The topological polar surface area (TPSA) is 111 Å². The monoisotopic (exact) mass is 457 g/mol. The standard InChI is InChI=1S/C23H24ClN3O5/c1-2-20(26-22(28)13-3-5-14(24)6-4-13)21-18-11-17(12-19(18)21)32-23(29)25-15-7-9-16(10-8-15)27(30)31/h3-10,17-21H,2,11-12H2,1H3,(H,25,29)(H,26,28). The van der Waals surface area contributed by atoms with Crippen LogP contribution in [0, 0.1) is 27.9 Å². The highest BCUT2D eigenvalue weighted by atomic mass is 35.5. The highest BCUT2D eigenvalue weighted by Crippen LogP contribution is 2.60. The van der Waals surface area contributed by atoms with Gasteiger partial charge in [-0.25, -0.2) is 4.79 Å². The maximum absolute atomic E-state index is 12.5. The van der Waals surface area contributed by atoms with Gasteiger partial charge in [-0.3, -0.25) is 20.2 Å². The molecule has 2 aromatic carbocycles. The Kier molecular flexibility index (Phi) is 6.32. The van der Waals surface area contributed by atoms with Crippen LogP contribution < -0.4 is 10.6 Å². The Morgan fingerprint density at radius 3 is 2.31 bits per heavy atom. The number of carbonyl (C=O) groups excluding carboxylic acids is 2. The molecule has 8 nitrogen and oxygen atoms in total. The molecule has 0 bridgehead atoms. The average molecular weight is 458 g/mol. The molecule has 2 fully saturated rings. The predicted octanol–water partition coefficient (Wildman–Crippen LogP) is 5.03. The summed E-state index contributed by atoms with van der Waals surface area (Å²) in [6.45, 7) is 2.06. The van der Waals surface area contributed by atoms with Crippen molar-refractivity contribution in [2.45, 2.75) is 38.3 Å². The summed E-state index contributed by atoms with van der Waals surface area (Å²) in [5.41, 5.74) is 0.986. The zero-order valence-electron chi connectivity index (χ0n) is 17.5. The molecule has 2 aromatic rings. The third-order valence-electron chi connectivity index (χ3n) is 6.39. The van der Waals surface area contributed by atoms with Gasteiger partial charge in [0.2, 0.25) is 0 Å². The van der Waals surface area contributed by atoms with Crippen LogP contribution in [0.5, 0.6) is 0 Å². The second-order valence-corrected chi connectivity index (χ2v) is 8.76. The second-order valence-electron chi connectivity index (χ2n) is 8.33. The van der Waals surface area contributed by atoms with Crippen LogP contribution in [0.4, 0.5) is 16.2 Å². The lowest BCUT2D eigenvalue weighted by molar-refractivity contribution is -0.384. The highest BCUT2D eigenvalue weighted by Gasteiger charge is 2.59. The van der Waals surface area contributed by atoms with Crippen molar-refractivity contribution in [2.24, 2.45) is 17.8 Å². The molecule has 2 saturated carbocycles. The number of carbonyl (C=O) groups is 2. The molecule has 0 heterocycles. The minimum absolute atomic E-state index is 0.0422. The summed E-state index contributed by atoms with van der Waals surface area (Å²) in [6, 6.07) is 12.5. The minimum Gasteiger partial charge on any atom is -0.446 e. The molecule has 0 saturated heterocycles. The van der Waals surface area contributed by atoms with E-state index in [1.165, 1.54) is 24.3 Å². The molecule has 3 atom stereocenters. The Bertz CT molecular complexity index is 999. The summed E-state index contributed by atoms with van der Waals surface area (Å²) in [6.07, 6.45) is 1.66. The number of benzene rings is 2. The van der Waals surface area contributed by atoms with E-state index in [9.17, 15) is 19.7 Å². The normalized spacial score (nSPS) is 24.2. The summed E-state index contributed by atoms with van der Waals surface area (Å²) in [5.74, 6) is 1.16. The molecule has 2 aliphatic carbocycles. The molecule has 32 heavy (non-hydrogen) atoms. The Balaban J connectivity index is 1.24. The molecule has 0 radical (unpaired) electrons. The summed E-state index contributed by atoms with van der Waals surface area (Å²) < 4.78 is 5.53. The van der Waals surface area contributed by atoms with Gasteiger partial charge in [0.25, 0.3) is 11.6 Å². The molecule has 168 valence electrons. The number of fused-ring (bicyclic) bond motifs is 1. The summed E-state index contributed by atoms with van der Waals surface area (Å²) in [5, 5.41) is 17.0. The fourth-order valence-corrected chi connectivity index (χ4v) is 4.95. The zero-order chi connectivity index (χ0) is 22.8. The third-order valence-corrected chi connectivity index (χ3v) is 6.65. The quantitative estimate of drug-likeness (QED) is 0.447. The molecule has 0 aliphatic heterocycles. The highest BCUT2D eigenvalue weighted by molar-refractivity contribution is 6.30. The number of nitro benzene ring substituents is 1. The number of nitro groups is 1. The maximum atomic E-state index is 12.5. The van der Waals surface area contributed by atoms with E-state index in [0.717, 1.165) is 19.3 Å². The first kappa shape index (κ1) is 22.1. The van der Waals surface area contributed by atoms with Crippen molar-refractivity contribution in [1.82, 2.24) is 5.32 Å². The molecular formula is C23H24ClN3O5. The van der Waals surface area contributed by atoms with E-state index < -0.39 is 11.0 Å². The fraction of sp³-hybridized carbons (Fsp3) is 0.391. The molecule has 0 spiro atoms. The van der Waals surface area contributed by atoms with E-state index in [1.807, 2.05) is 0 Å². The van der Waals surface area contributed by atoms with Gasteiger partial charge in [0.05, 0.1) is 4.92 Å². The molecule has 3 unspecified atom stereocenters. The first-order valence-electron chi connectivity index (χ1n) is 10.6. The molecule has 2 amide bonds. The third kappa shape index (κ3) is 4.85. The van der Waals surface area contributed by atoms with Crippen molar-refractivity contribution >= 4 is 35.0 Å². The van der Waals surface area contributed by atoms with Crippen molar-refractivity contribution in [1.29, 1.82) is 0 Å². The molecule has 2 aliphatic rings. The van der Waals surface area contributed by atoms with Gasteiger partial charge >= 0.3 is 6.09 Å². The van der Waals surface area contributed by atoms with Crippen LogP contribution in [-0.4, -0.2) is 29.1 Å². The Morgan fingerprint density at radius 2 is 1.75 bits per heavy atom. The van der Waals surface area contributed by atoms with E-state index in [2.05, 4.69) is 17.6 Å². The van der Waals surface area contributed by atoms with E-state index in [4.69, 9.17) is 16.3 Å². The SMILES string of the molecule is CCC(NC(=O)c1ccc(Cl)cc1)C1C2CC(OC(=O)Nc3ccc([N+](=O)[O-])cc3)CC21. The van der Waals surface area contributed by atoms with E-state index in [0.29, 0.717) is 34.0 Å². The maximum Gasteiger partial charge on any atom is 0.411 e. The minimum atomic E-state index is -0.565. The molecule has 0 aromatic heterocycles. The lowest BCUT2D eigenvalue weighted by Crippen LogP contribution is -2.37. The van der Waals surface area contributed by atoms with Crippen LogP contribution in [0.3, 0.4) is 0 Å². The Labute approximate surface area is 190 Å². The van der Waals surface area contributed by atoms with Crippen molar-refractivity contribution < 1.29 is 19.2 Å². The van der Waals surface area contributed by atoms with Crippen LogP contribution in [0.15, 0.2) is 48.5 Å². The van der Waals surface area contributed by atoms with Gasteiger partial charge in [-0.05, 0) is 73.4 Å². The van der Waals surface area contributed by atoms with Crippen molar-refractivity contribution in [3.8, 4) is 0 Å². The number of non-ortho nitro benzene ring substituents is 1. The van der Waals surface area contributed by atoms with Gasteiger partial charge in [-0.2, -0.15) is 0 Å². The molecular weight excluding hydrogens is 434 g/mol. The first-order chi connectivity index (χ1) is 15.4. The second kappa shape index (κ2) is 9.16. The smallest absolute Gasteiger partial charge is 0.411 e. The summed E-state index contributed by atoms with van der Waals surface area (Å²) in [7, 11) is 0.